The third-order valence-electron chi connectivity index (χ3n) is 7.39. The fourth-order valence-electron chi connectivity index (χ4n) is 5.50. The Bertz CT molecular complexity index is 1210. The summed E-state index contributed by atoms with van der Waals surface area (Å²) >= 11 is 0. The Labute approximate surface area is 198 Å². The molecule has 1 aliphatic carbocycles. The number of nitrogen functional groups attached to an aromatic ring is 1. The van der Waals surface area contributed by atoms with Crippen molar-refractivity contribution in [3.8, 4) is 22.3 Å². The van der Waals surface area contributed by atoms with Crippen molar-refractivity contribution in [3.63, 3.8) is 0 Å². The van der Waals surface area contributed by atoms with Gasteiger partial charge in [0.15, 0.2) is 0 Å². The molecule has 0 heterocycles. The van der Waals surface area contributed by atoms with Gasteiger partial charge in [-0.3, -0.25) is 0 Å². The third-order valence-corrected chi connectivity index (χ3v) is 7.39. The van der Waals surface area contributed by atoms with E-state index in [4.69, 9.17) is 5.73 Å². The largest absolute Gasteiger partial charge is 0.398 e. The molecule has 33 heavy (non-hydrogen) atoms. The summed E-state index contributed by atoms with van der Waals surface area (Å²) in [6, 6.07) is 33.2. The molecule has 0 radical (unpaired) electrons. The molecular weight excluding hydrogens is 398 g/mol. The summed E-state index contributed by atoms with van der Waals surface area (Å²) in [6.45, 7) is 4.28. The molecule has 4 aromatic rings. The van der Waals surface area contributed by atoms with Gasteiger partial charge in [0.2, 0.25) is 0 Å². The van der Waals surface area contributed by atoms with E-state index >= 15 is 0 Å². The Morgan fingerprint density at radius 2 is 1.06 bits per heavy atom. The molecule has 0 spiro atoms. The zero-order valence-electron chi connectivity index (χ0n) is 19.7. The van der Waals surface area contributed by atoms with E-state index in [2.05, 4.69) is 105 Å². The number of aryl methyl sites for hydroxylation is 2. The lowest BCUT2D eigenvalue weighted by atomic mass is 9.73. The van der Waals surface area contributed by atoms with E-state index in [0.717, 1.165) is 5.69 Å². The number of rotatable bonds is 4. The minimum absolute atomic E-state index is 0.561. The van der Waals surface area contributed by atoms with Crippen LogP contribution in [0.1, 0.15) is 59.8 Å². The van der Waals surface area contributed by atoms with Crippen LogP contribution in [0, 0.1) is 13.8 Å². The van der Waals surface area contributed by atoms with Crippen LogP contribution in [0.15, 0.2) is 91.0 Å². The molecule has 1 heteroatoms. The highest BCUT2D eigenvalue weighted by atomic mass is 14.6. The number of hydrogen-bond acceptors (Lipinski definition) is 1. The normalized spacial score (nSPS) is 18.2. The lowest BCUT2D eigenvalue weighted by molar-refractivity contribution is 0.397. The van der Waals surface area contributed by atoms with E-state index in [1.54, 1.807) is 0 Å². The Morgan fingerprint density at radius 1 is 0.545 bits per heavy atom. The lowest BCUT2D eigenvalue weighted by Crippen LogP contribution is -2.13. The molecule has 0 amide bonds. The summed E-state index contributed by atoms with van der Waals surface area (Å²) in [7, 11) is 0. The van der Waals surface area contributed by atoms with Gasteiger partial charge in [0, 0.05) is 11.3 Å². The van der Waals surface area contributed by atoms with Gasteiger partial charge in [0.25, 0.3) is 0 Å². The molecular formula is C32H33N. The monoisotopic (exact) mass is 431 g/mol. The van der Waals surface area contributed by atoms with Gasteiger partial charge in [0.05, 0.1) is 0 Å². The maximum atomic E-state index is 6.66. The van der Waals surface area contributed by atoms with E-state index < -0.39 is 0 Å². The molecule has 4 aromatic carbocycles. The Hall–Kier alpha value is -3.32. The van der Waals surface area contributed by atoms with Crippen LogP contribution in [-0.2, 0) is 0 Å². The molecule has 0 bridgehead atoms. The molecule has 0 aromatic heterocycles. The van der Waals surface area contributed by atoms with Crippen molar-refractivity contribution < 1.29 is 0 Å². The van der Waals surface area contributed by atoms with Crippen LogP contribution >= 0.6 is 0 Å². The third kappa shape index (κ3) is 4.46. The van der Waals surface area contributed by atoms with Gasteiger partial charge in [-0.2, -0.15) is 0 Å². The predicted octanol–water partition coefficient (Wildman–Crippen LogP) is 8.66. The number of benzene rings is 4. The first-order chi connectivity index (χ1) is 16.1. The van der Waals surface area contributed by atoms with E-state index in [1.807, 2.05) is 0 Å². The van der Waals surface area contributed by atoms with Gasteiger partial charge in [0.1, 0.15) is 0 Å². The molecule has 1 fully saturated rings. The fourth-order valence-corrected chi connectivity index (χ4v) is 5.50. The van der Waals surface area contributed by atoms with Crippen molar-refractivity contribution in [1.29, 1.82) is 0 Å². The highest BCUT2D eigenvalue weighted by Crippen LogP contribution is 2.47. The topological polar surface area (TPSA) is 26.0 Å². The van der Waals surface area contributed by atoms with Gasteiger partial charge in [-0.05, 0) is 85.3 Å². The Kier molecular flexibility index (Phi) is 6.05. The second-order valence-electron chi connectivity index (χ2n) is 9.69. The summed E-state index contributed by atoms with van der Waals surface area (Å²) in [5, 5.41) is 0. The molecule has 166 valence electrons. The Morgan fingerprint density at radius 3 is 1.64 bits per heavy atom. The van der Waals surface area contributed by atoms with Crippen molar-refractivity contribution in [2.75, 3.05) is 5.73 Å². The molecule has 2 N–H and O–H groups in total. The molecule has 5 rings (SSSR count). The summed E-state index contributed by atoms with van der Waals surface area (Å²) in [5.74, 6) is 1.24. The van der Waals surface area contributed by atoms with Gasteiger partial charge >= 0.3 is 0 Å². The van der Waals surface area contributed by atoms with Crippen LogP contribution in [0.3, 0.4) is 0 Å². The smallest absolute Gasteiger partial charge is 0.0400 e. The van der Waals surface area contributed by atoms with Gasteiger partial charge < -0.3 is 5.73 Å². The first-order valence-electron chi connectivity index (χ1n) is 12.2. The van der Waals surface area contributed by atoms with E-state index in [-0.39, 0.29) is 0 Å². The fraction of sp³-hybridized carbons (Fsp3) is 0.250. The van der Waals surface area contributed by atoms with Crippen molar-refractivity contribution in [1.82, 2.24) is 0 Å². The van der Waals surface area contributed by atoms with Crippen LogP contribution in [0.2, 0.25) is 0 Å². The minimum atomic E-state index is 0.561. The first kappa shape index (κ1) is 21.5. The zero-order chi connectivity index (χ0) is 22.8. The average Bonchev–Trinajstić information content (AvgIpc) is 2.86. The molecule has 0 atom stereocenters. The van der Waals surface area contributed by atoms with Crippen molar-refractivity contribution in [2.45, 2.75) is 51.4 Å². The summed E-state index contributed by atoms with van der Waals surface area (Å²) in [4.78, 5) is 0. The van der Waals surface area contributed by atoms with Crippen molar-refractivity contribution in [2.24, 2.45) is 0 Å². The highest BCUT2D eigenvalue weighted by molar-refractivity contribution is 5.93. The van der Waals surface area contributed by atoms with E-state index in [1.165, 1.54) is 70.2 Å². The molecule has 0 unspecified atom stereocenters. The number of nitrogens with two attached hydrogens (primary N) is 1. The summed E-state index contributed by atoms with van der Waals surface area (Å²) in [5.41, 5.74) is 18.0. The first-order valence-corrected chi connectivity index (χ1v) is 12.2. The second kappa shape index (κ2) is 9.27. The van der Waals surface area contributed by atoms with Crippen LogP contribution in [0.5, 0.6) is 0 Å². The summed E-state index contributed by atoms with van der Waals surface area (Å²) < 4.78 is 0. The van der Waals surface area contributed by atoms with Crippen LogP contribution in [0.25, 0.3) is 22.3 Å². The standard InChI is InChI=1S/C32H33N/c1-22-8-12-27(13-9-22)31-29(20-21-30(33)32(31)28-14-10-23(2)11-15-28)26-18-16-25(17-19-26)24-6-4-3-5-7-24/h3-15,20-21,25-26H,16-19,33H2,1-2H3. The van der Waals surface area contributed by atoms with E-state index in [0.29, 0.717) is 11.8 Å². The van der Waals surface area contributed by atoms with Gasteiger partial charge in [-0.15, -0.1) is 0 Å². The maximum absolute atomic E-state index is 6.66. The summed E-state index contributed by atoms with van der Waals surface area (Å²) in [6.07, 6.45) is 4.92. The number of hydrogen-bond donors (Lipinski definition) is 1. The highest BCUT2D eigenvalue weighted by Gasteiger charge is 2.27. The predicted molar refractivity (Wildman–Crippen MR) is 142 cm³/mol. The van der Waals surface area contributed by atoms with Gasteiger partial charge in [-0.25, -0.2) is 0 Å². The lowest BCUT2D eigenvalue weighted by Gasteiger charge is -2.31. The van der Waals surface area contributed by atoms with Crippen molar-refractivity contribution >= 4 is 5.69 Å². The van der Waals surface area contributed by atoms with Crippen LogP contribution < -0.4 is 5.73 Å². The Balaban J connectivity index is 1.57. The molecule has 0 aliphatic heterocycles. The second-order valence-corrected chi connectivity index (χ2v) is 9.69. The SMILES string of the molecule is Cc1ccc(-c2c(N)ccc(C3CCC(c4ccccc4)CC3)c2-c2ccc(C)cc2)cc1. The quantitative estimate of drug-likeness (QED) is 0.321. The molecule has 1 nitrogen and oxygen atoms in total. The van der Waals surface area contributed by atoms with Crippen LogP contribution in [0.4, 0.5) is 5.69 Å². The zero-order valence-corrected chi connectivity index (χ0v) is 19.7. The molecule has 1 aliphatic rings. The van der Waals surface area contributed by atoms with E-state index in [9.17, 15) is 0 Å². The van der Waals surface area contributed by atoms with Gasteiger partial charge in [-0.1, -0.05) is 96.1 Å². The number of anilines is 1. The molecule has 1 saturated carbocycles. The van der Waals surface area contributed by atoms with Crippen LogP contribution in [-0.4, -0.2) is 0 Å². The average molecular weight is 432 g/mol. The minimum Gasteiger partial charge on any atom is -0.398 e. The van der Waals surface area contributed by atoms with Crippen molar-refractivity contribution in [3.05, 3.63) is 113 Å². The maximum Gasteiger partial charge on any atom is 0.0400 e. The molecule has 0 saturated heterocycles.